The van der Waals surface area contributed by atoms with E-state index < -0.39 is 0 Å². The largest absolute Gasteiger partial charge is 0.335 e. The van der Waals surface area contributed by atoms with Crippen molar-refractivity contribution in [3.63, 3.8) is 0 Å². The summed E-state index contributed by atoms with van der Waals surface area (Å²) in [4.78, 5) is 14.6. The van der Waals surface area contributed by atoms with E-state index in [0.29, 0.717) is 17.3 Å². The molecule has 1 saturated carbocycles. The topological polar surface area (TPSA) is 63.9 Å². The van der Waals surface area contributed by atoms with E-state index in [1.807, 2.05) is 31.2 Å². The summed E-state index contributed by atoms with van der Waals surface area (Å²) in [6, 6.07) is 14.6. The number of carbonyl (C=O) groups excluding carboxylic acids is 1. The van der Waals surface area contributed by atoms with Crippen LogP contribution in [0.25, 0.3) is 5.69 Å². The van der Waals surface area contributed by atoms with E-state index >= 15 is 0 Å². The van der Waals surface area contributed by atoms with Crippen LogP contribution < -0.4 is 0 Å². The fourth-order valence-electron chi connectivity index (χ4n) is 3.05. The van der Waals surface area contributed by atoms with Crippen LogP contribution in [0.4, 0.5) is 4.39 Å². The molecule has 1 aliphatic rings. The zero-order valence-corrected chi connectivity index (χ0v) is 16.3. The summed E-state index contributed by atoms with van der Waals surface area (Å²) < 4.78 is 15.7. The van der Waals surface area contributed by atoms with Crippen LogP contribution in [-0.2, 0) is 11.3 Å². The van der Waals surface area contributed by atoms with E-state index in [1.54, 1.807) is 27.8 Å². The number of thioether (sulfide) groups is 1. The van der Waals surface area contributed by atoms with Gasteiger partial charge in [0.15, 0.2) is 0 Å². The minimum atomic E-state index is -0.280. The minimum Gasteiger partial charge on any atom is -0.335 e. The molecule has 0 aliphatic heterocycles. The maximum atomic E-state index is 14.0. The number of para-hydroxylation sites is 1. The Morgan fingerprint density at radius 1 is 1.21 bits per heavy atom. The molecule has 0 saturated heterocycles. The van der Waals surface area contributed by atoms with Crippen molar-refractivity contribution in [2.45, 2.75) is 37.5 Å². The van der Waals surface area contributed by atoms with Gasteiger partial charge in [-0.15, -0.1) is 5.10 Å². The second-order valence-corrected chi connectivity index (χ2v) is 7.74. The Hall–Kier alpha value is -2.74. The van der Waals surface area contributed by atoms with Crippen molar-refractivity contribution < 1.29 is 9.18 Å². The second-order valence-electron chi connectivity index (χ2n) is 6.79. The van der Waals surface area contributed by atoms with Gasteiger partial charge in [0.2, 0.25) is 11.1 Å². The number of amides is 1. The maximum Gasteiger partial charge on any atom is 0.233 e. The number of rotatable bonds is 7. The molecule has 8 heteroatoms. The number of carbonyl (C=O) groups is 1. The standard InChI is InChI=1S/C20H20FN5OS/c1-14-6-2-5-9-18(14)26-20(22-23-24-26)28-13-19(27)25(16-10-11-16)12-15-7-3-4-8-17(15)21/h2-9,16H,10-13H2,1H3. The molecule has 6 nitrogen and oxygen atoms in total. The molecule has 0 atom stereocenters. The molecule has 1 fully saturated rings. The van der Waals surface area contributed by atoms with E-state index in [4.69, 9.17) is 0 Å². The molecule has 4 rings (SSSR count). The zero-order chi connectivity index (χ0) is 19.5. The van der Waals surface area contributed by atoms with Crippen LogP contribution in [0.3, 0.4) is 0 Å². The minimum absolute atomic E-state index is 0.0323. The quantitative estimate of drug-likeness (QED) is 0.572. The number of tetrazole rings is 1. The van der Waals surface area contributed by atoms with Crippen LogP contribution in [0.15, 0.2) is 53.7 Å². The molecule has 1 heterocycles. The predicted octanol–water partition coefficient (Wildman–Crippen LogP) is 3.39. The Bertz CT molecular complexity index is 988. The van der Waals surface area contributed by atoms with E-state index in [0.717, 1.165) is 24.1 Å². The number of nitrogens with zero attached hydrogens (tertiary/aromatic N) is 5. The van der Waals surface area contributed by atoms with Crippen LogP contribution in [0, 0.1) is 12.7 Å². The smallest absolute Gasteiger partial charge is 0.233 e. The highest BCUT2D eigenvalue weighted by molar-refractivity contribution is 7.99. The van der Waals surface area contributed by atoms with Gasteiger partial charge >= 0.3 is 0 Å². The summed E-state index contributed by atoms with van der Waals surface area (Å²) in [5.41, 5.74) is 2.47. The molecule has 2 aromatic carbocycles. The molecule has 0 bridgehead atoms. The first-order valence-corrected chi connectivity index (χ1v) is 10.1. The number of aryl methyl sites for hydroxylation is 1. The zero-order valence-electron chi connectivity index (χ0n) is 15.5. The summed E-state index contributed by atoms with van der Waals surface area (Å²) >= 11 is 1.30. The van der Waals surface area contributed by atoms with Gasteiger partial charge in [0.05, 0.1) is 11.4 Å². The second kappa shape index (κ2) is 8.10. The lowest BCUT2D eigenvalue weighted by Gasteiger charge is -2.22. The van der Waals surface area contributed by atoms with Gasteiger partial charge in [0, 0.05) is 18.2 Å². The molecular formula is C20H20FN5OS. The van der Waals surface area contributed by atoms with Crippen molar-refractivity contribution in [2.75, 3.05) is 5.75 Å². The lowest BCUT2D eigenvalue weighted by atomic mass is 10.2. The van der Waals surface area contributed by atoms with Gasteiger partial charge in [-0.2, -0.15) is 4.68 Å². The Morgan fingerprint density at radius 3 is 2.71 bits per heavy atom. The monoisotopic (exact) mass is 397 g/mol. The Morgan fingerprint density at radius 2 is 1.96 bits per heavy atom. The first-order chi connectivity index (χ1) is 13.6. The van der Waals surface area contributed by atoms with Crippen LogP contribution in [0.2, 0.25) is 0 Å². The highest BCUT2D eigenvalue weighted by Gasteiger charge is 2.33. The Balaban J connectivity index is 1.46. The summed E-state index contributed by atoms with van der Waals surface area (Å²) in [6.07, 6.45) is 1.93. The van der Waals surface area contributed by atoms with Crippen LogP contribution in [0.1, 0.15) is 24.0 Å². The molecule has 0 radical (unpaired) electrons. The van der Waals surface area contributed by atoms with Crippen molar-refractivity contribution >= 4 is 17.7 Å². The maximum absolute atomic E-state index is 14.0. The van der Waals surface area contributed by atoms with Crippen LogP contribution in [0.5, 0.6) is 0 Å². The number of halogens is 1. The van der Waals surface area contributed by atoms with E-state index in [1.165, 1.54) is 17.8 Å². The Labute approximate surface area is 166 Å². The first-order valence-electron chi connectivity index (χ1n) is 9.13. The average molecular weight is 397 g/mol. The highest BCUT2D eigenvalue weighted by atomic mass is 32.2. The lowest BCUT2D eigenvalue weighted by molar-refractivity contribution is -0.129. The summed E-state index contributed by atoms with van der Waals surface area (Å²) in [5, 5.41) is 12.4. The van der Waals surface area contributed by atoms with E-state index in [2.05, 4.69) is 15.5 Å². The molecule has 1 aliphatic carbocycles. The van der Waals surface area contributed by atoms with Crippen molar-refractivity contribution in [3.05, 3.63) is 65.5 Å². The van der Waals surface area contributed by atoms with Crippen molar-refractivity contribution in [2.24, 2.45) is 0 Å². The van der Waals surface area contributed by atoms with Crippen molar-refractivity contribution in [1.29, 1.82) is 0 Å². The number of aromatic nitrogens is 4. The predicted molar refractivity (Wildman–Crippen MR) is 105 cm³/mol. The molecule has 3 aromatic rings. The molecule has 28 heavy (non-hydrogen) atoms. The van der Waals surface area contributed by atoms with Crippen molar-refractivity contribution in [1.82, 2.24) is 25.1 Å². The molecule has 0 N–H and O–H groups in total. The molecule has 144 valence electrons. The third-order valence-corrected chi connectivity index (χ3v) is 5.62. The fraction of sp³-hybridized carbons (Fsp3) is 0.300. The number of benzene rings is 2. The molecule has 0 unspecified atom stereocenters. The molecule has 1 aromatic heterocycles. The van der Waals surface area contributed by atoms with Gasteiger partial charge in [-0.05, 0) is 47.9 Å². The number of hydrogen-bond donors (Lipinski definition) is 0. The Kier molecular flexibility index (Phi) is 5.38. The summed E-state index contributed by atoms with van der Waals surface area (Å²) in [7, 11) is 0. The van der Waals surface area contributed by atoms with E-state index in [-0.39, 0.29) is 23.5 Å². The van der Waals surface area contributed by atoms with Crippen LogP contribution >= 0.6 is 11.8 Å². The third kappa shape index (κ3) is 4.06. The summed E-state index contributed by atoms with van der Waals surface area (Å²) in [5.74, 6) is -0.107. The van der Waals surface area contributed by atoms with Gasteiger partial charge in [-0.1, -0.05) is 48.2 Å². The number of hydrogen-bond acceptors (Lipinski definition) is 5. The van der Waals surface area contributed by atoms with Crippen LogP contribution in [-0.4, -0.2) is 42.8 Å². The normalized spacial score (nSPS) is 13.5. The van der Waals surface area contributed by atoms with Crippen molar-refractivity contribution in [3.8, 4) is 5.69 Å². The summed E-state index contributed by atoms with van der Waals surface area (Å²) in [6.45, 7) is 2.28. The van der Waals surface area contributed by atoms with Gasteiger partial charge in [0.1, 0.15) is 5.82 Å². The molecular weight excluding hydrogens is 377 g/mol. The average Bonchev–Trinajstić information content (AvgIpc) is 3.43. The van der Waals surface area contributed by atoms with E-state index in [9.17, 15) is 9.18 Å². The third-order valence-electron chi connectivity index (χ3n) is 4.72. The molecule has 1 amide bonds. The lowest BCUT2D eigenvalue weighted by Crippen LogP contribution is -2.34. The molecule has 0 spiro atoms. The first kappa shape index (κ1) is 18.6. The SMILES string of the molecule is Cc1ccccc1-n1nnnc1SCC(=O)N(Cc1ccccc1F)C1CC1. The van der Waals surface area contributed by atoms with Gasteiger partial charge < -0.3 is 4.90 Å². The fourth-order valence-corrected chi connectivity index (χ4v) is 3.82. The van der Waals surface area contributed by atoms with Gasteiger partial charge in [0.25, 0.3) is 0 Å². The van der Waals surface area contributed by atoms with Gasteiger partial charge in [-0.3, -0.25) is 4.79 Å². The van der Waals surface area contributed by atoms with Gasteiger partial charge in [-0.25, -0.2) is 4.39 Å². The highest BCUT2D eigenvalue weighted by Crippen LogP contribution is 2.30.